The van der Waals surface area contributed by atoms with Crippen LogP contribution in [0.2, 0.25) is 0 Å². The van der Waals surface area contributed by atoms with Gasteiger partial charge < -0.3 is 9.32 Å². The Kier molecular flexibility index (Phi) is 8.20. The van der Waals surface area contributed by atoms with Crippen molar-refractivity contribution in [1.82, 2.24) is 0 Å². The van der Waals surface area contributed by atoms with Crippen LogP contribution in [0.25, 0.3) is 77.6 Å². The number of nitrogens with zero attached hydrogens (tertiary/aromatic N) is 1. The highest BCUT2D eigenvalue weighted by Crippen LogP contribution is 2.51. The normalized spacial score (nSPS) is 12.7. The first-order valence-corrected chi connectivity index (χ1v) is 20.4. The zero-order chi connectivity index (χ0) is 39.5. The third kappa shape index (κ3) is 5.87. The summed E-state index contributed by atoms with van der Waals surface area (Å²) in [7, 11) is 0. The molecule has 2 nitrogen and oxygen atoms in total. The summed E-state index contributed by atoms with van der Waals surface area (Å²) in [6.45, 7) is 4.71. The van der Waals surface area contributed by atoms with Gasteiger partial charge in [-0.15, -0.1) is 0 Å². The van der Waals surface area contributed by atoms with Crippen LogP contribution in [-0.2, 0) is 5.41 Å². The molecular weight excluding hydrogens is 715 g/mol. The Balaban J connectivity index is 1.08. The Labute approximate surface area is 345 Å². The summed E-state index contributed by atoms with van der Waals surface area (Å²) >= 11 is 0. The number of hydrogen-bond donors (Lipinski definition) is 0. The lowest BCUT2D eigenvalue weighted by Gasteiger charge is -2.29. The highest BCUT2D eigenvalue weighted by atomic mass is 16.3. The van der Waals surface area contributed by atoms with Crippen LogP contribution < -0.4 is 4.90 Å². The van der Waals surface area contributed by atoms with Gasteiger partial charge in [-0.3, -0.25) is 0 Å². The molecule has 280 valence electrons. The topological polar surface area (TPSA) is 16.4 Å². The highest BCUT2D eigenvalue weighted by Gasteiger charge is 2.35. The summed E-state index contributed by atoms with van der Waals surface area (Å²) in [6.07, 6.45) is 0. The number of hydrogen-bond acceptors (Lipinski definition) is 2. The molecule has 0 unspecified atom stereocenters. The molecule has 0 atom stereocenters. The maximum atomic E-state index is 6.52. The average molecular weight is 756 g/mol. The van der Waals surface area contributed by atoms with Crippen molar-refractivity contribution in [2.45, 2.75) is 19.3 Å². The summed E-state index contributed by atoms with van der Waals surface area (Å²) in [5.74, 6) is 0. The maximum Gasteiger partial charge on any atom is 0.143 e. The fraction of sp³-hybridized carbons (Fsp3) is 0.0526. The first-order chi connectivity index (χ1) is 29.0. The molecule has 0 spiro atoms. The van der Waals surface area contributed by atoms with Crippen molar-refractivity contribution in [3.05, 3.63) is 223 Å². The largest absolute Gasteiger partial charge is 0.455 e. The predicted molar refractivity (Wildman–Crippen MR) is 248 cm³/mol. The number of fused-ring (bicyclic) bond motifs is 6. The van der Waals surface area contributed by atoms with E-state index in [1.807, 2.05) is 6.07 Å². The molecule has 0 radical (unpaired) electrons. The molecule has 1 aromatic heterocycles. The van der Waals surface area contributed by atoms with Crippen molar-refractivity contribution in [3.63, 3.8) is 0 Å². The predicted octanol–water partition coefficient (Wildman–Crippen LogP) is 16.0. The van der Waals surface area contributed by atoms with Gasteiger partial charge in [-0.05, 0) is 110 Å². The Hall–Kier alpha value is -7.42. The Bertz CT molecular complexity index is 3120. The van der Waals surface area contributed by atoms with Gasteiger partial charge in [0, 0.05) is 38.8 Å². The molecule has 0 saturated carbocycles. The van der Waals surface area contributed by atoms with E-state index < -0.39 is 0 Å². The second kappa shape index (κ2) is 13.9. The van der Waals surface area contributed by atoms with Crippen LogP contribution in [0, 0.1) is 0 Å². The lowest BCUT2D eigenvalue weighted by atomic mass is 9.82. The quantitative estimate of drug-likeness (QED) is 0.161. The highest BCUT2D eigenvalue weighted by molar-refractivity contribution is 6.10. The van der Waals surface area contributed by atoms with E-state index in [9.17, 15) is 0 Å². The molecule has 2 heteroatoms. The van der Waals surface area contributed by atoms with E-state index in [1.165, 1.54) is 44.5 Å². The molecule has 11 rings (SSSR count). The minimum atomic E-state index is -0.134. The summed E-state index contributed by atoms with van der Waals surface area (Å²) in [5.41, 5.74) is 19.6. The Morgan fingerprint density at radius 1 is 0.339 bits per heavy atom. The van der Waals surface area contributed by atoms with Gasteiger partial charge in [0.1, 0.15) is 11.2 Å². The van der Waals surface area contributed by atoms with Gasteiger partial charge in [-0.1, -0.05) is 178 Å². The maximum absolute atomic E-state index is 6.52. The smallest absolute Gasteiger partial charge is 0.143 e. The van der Waals surface area contributed by atoms with Crippen molar-refractivity contribution < 1.29 is 4.42 Å². The van der Waals surface area contributed by atoms with Crippen LogP contribution in [0.5, 0.6) is 0 Å². The second-order valence-electron chi connectivity index (χ2n) is 16.1. The van der Waals surface area contributed by atoms with Crippen LogP contribution in [-0.4, -0.2) is 0 Å². The molecule has 10 aromatic rings. The zero-order valence-electron chi connectivity index (χ0n) is 33.1. The van der Waals surface area contributed by atoms with Gasteiger partial charge in [-0.2, -0.15) is 0 Å². The fourth-order valence-corrected chi connectivity index (χ4v) is 9.33. The van der Waals surface area contributed by atoms with Crippen LogP contribution in [0.3, 0.4) is 0 Å². The van der Waals surface area contributed by atoms with E-state index in [2.05, 4.69) is 225 Å². The number of furan rings is 1. The number of benzene rings is 9. The van der Waals surface area contributed by atoms with Crippen LogP contribution in [0.15, 0.2) is 217 Å². The molecule has 1 heterocycles. The Morgan fingerprint density at radius 2 is 0.898 bits per heavy atom. The van der Waals surface area contributed by atoms with Crippen LogP contribution in [0.1, 0.15) is 25.0 Å². The lowest BCUT2D eigenvalue weighted by molar-refractivity contribution is 0.660. The van der Waals surface area contributed by atoms with Crippen molar-refractivity contribution in [3.8, 4) is 55.6 Å². The minimum absolute atomic E-state index is 0.134. The number of para-hydroxylation sites is 2. The first-order valence-electron chi connectivity index (χ1n) is 20.4. The molecule has 0 saturated heterocycles. The molecule has 59 heavy (non-hydrogen) atoms. The van der Waals surface area contributed by atoms with E-state index >= 15 is 0 Å². The zero-order valence-corrected chi connectivity index (χ0v) is 33.1. The number of rotatable bonds is 7. The fourth-order valence-electron chi connectivity index (χ4n) is 9.33. The van der Waals surface area contributed by atoms with Crippen molar-refractivity contribution in [1.29, 1.82) is 0 Å². The van der Waals surface area contributed by atoms with Gasteiger partial charge in [0.2, 0.25) is 0 Å². The van der Waals surface area contributed by atoms with E-state index in [-0.39, 0.29) is 5.41 Å². The third-order valence-electron chi connectivity index (χ3n) is 12.3. The Morgan fingerprint density at radius 3 is 1.63 bits per heavy atom. The first kappa shape index (κ1) is 34.8. The average Bonchev–Trinajstić information content (AvgIpc) is 3.79. The molecule has 0 N–H and O–H groups in total. The van der Waals surface area contributed by atoms with Gasteiger partial charge in [0.05, 0.1) is 0 Å². The van der Waals surface area contributed by atoms with E-state index in [0.717, 1.165) is 61.3 Å². The molecule has 0 aliphatic heterocycles. The van der Waals surface area contributed by atoms with Crippen molar-refractivity contribution >= 4 is 39.0 Å². The molecule has 0 amide bonds. The molecular formula is C57H41NO. The van der Waals surface area contributed by atoms with Gasteiger partial charge in [-0.25, -0.2) is 0 Å². The standard InChI is InChI=1S/C57H41NO/c1-57(2)53-26-13-11-22-48(53)49-33-32-44(37-54(49)57)58(45-35-41(38-16-5-3-6-17-38)34-42(36-45)39-18-7-4-8-19-39)43-30-28-40(29-31-43)46-20-9-10-21-47(46)51-24-15-25-52-50-23-12-14-27-55(50)59-56(51)52/h3-37H,1-2H3. The molecule has 1 aliphatic carbocycles. The van der Waals surface area contributed by atoms with Gasteiger partial charge >= 0.3 is 0 Å². The van der Waals surface area contributed by atoms with E-state index in [1.54, 1.807) is 0 Å². The summed E-state index contributed by atoms with van der Waals surface area (Å²) in [6, 6.07) is 76.9. The minimum Gasteiger partial charge on any atom is -0.455 e. The summed E-state index contributed by atoms with van der Waals surface area (Å²) in [4.78, 5) is 2.43. The van der Waals surface area contributed by atoms with Crippen molar-refractivity contribution in [2.24, 2.45) is 0 Å². The van der Waals surface area contributed by atoms with Gasteiger partial charge in [0.25, 0.3) is 0 Å². The number of anilines is 3. The van der Waals surface area contributed by atoms with Crippen LogP contribution >= 0.6 is 0 Å². The van der Waals surface area contributed by atoms with E-state index in [0.29, 0.717) is 0 Å². The SMILES string of the molecule is CC1(C)c2ccccc2-c2ccc(N(c3ccc(-c4ccccc4-c4cccc5c4oc4ccccc45)cc3)c3cc(-c4ccccc4)cc(-c4ccccc4)c3)cc21. The van der Waals surface area contributed by atoms with Gasteiger partial charge in [0.15, 0.2) is 0 Å². The molecule has 9 aromatic carbocycles. The lowest BCUT2D eigenvalue weighted by Crippen LogP contribution is -2.16. The summed E-state index contributed by atoms with van der Waals surface area (Å²) in [5, 5.41) is 2.27. The molecule has 1 aliphatic rings. The second-order valence-corrected chi connectivity index (χ2v) is 16.1. The summed E-state index contributed by atoms with van der Waals surface area (Å²) < 4.78 is 6.52. The monoisotopic (exact) mass is 755 g/mol. The molecule has 0 bridgehead atoms. The third-order valence-corrected chi connectivity index (χ3v) is 12.3. The van der Waals surface area contributed by atoms with Crippen LogP contribution in [0.4, 0.5) is 17.1 Å². The molecule has 0 fully saturated rings. The van der Waals surface area contributed by atoms with Crippen molar-refractivity contribution in [2.75, 3.05) is 4.90 Å². The van der Waals surface area contributed by atoms with E-state index in [4.69, 9.17) is 4.42 Å².